The maximum atomic E-state index is 9.22. The summed E-state index contributed by atoms with van der Waals surface area (Å²) < 4.78 is 0. The molecule has 0 fully saturated rings. The standard InChI is InChI=1S/C13H30N2O/c1-4-9-15(10-5-2)11-7-8-13(14,6-3)12-16/h16H,4-12,14H2,1-3H3. The smallest absolute Gasteiger partial charge is 0.0611 e. The summed E-state index contributed by atoms with van der Waals surface area (Å²) in [4.78, 5) is 2.49. The van der Waals surface area contributed by atoms with Gasteiger partial charge in [0.15, 0.2) is 0 Å². The van der Waals surface area contributed by atoms with Crippen LogP contribution in [-0.4, -0.2) is 41.8 Å². The number of aliphatic hydroxyl groups is 1. The van der Waals surface area contributed by atoms with E-state index in [2.05, 4.69) is 18.7 Å². The zero-order valence-electron chi connectivity index (χ0n) is 11.3. The first-order valence-electron chi connectivity index (χ1n) is 6.74. The fraction of sp³-hybridized carbons (Fsp3) is 1.00. The summed E-state index contributed by atoms with van der Waals surface area (Å²) in [7, 11) is 0. The van der Waals surface area contributed by atoms with Gasteiger partial charge < -0.3 is 15.7 Å². The number of nitrogens with zero attached hydrogens (tertiary/aromatic N) is 1. The summed E-state index contributed by atoms with van der Waals surface area (Å²) in [5, 5.41) is 9.22. The van der Waals surface area contributed by atoms with Gasteiger partial charge in [0.05, 0.1) is 6.61 Å². The van der Waals surface area contributed by atoms with Gasteiger partial charge >= 0.3 is 0 Å². The van der Waals surface area contributed by atoms with Gasteiger partial charge in [-0.3, -0.25) is 0 Å². The SMILES string of the molecule is CCCN(CCC)CCCC(N)(CC)CO. The molecule has 0 radical (unpaired) electrons. The van der Waals surface area contributed by atoms with Crippen LogP contribution in [0.2, 0.25) is 0 Å². The molecule has 0 rings (SSSR count). The summed E-state index contributed by atoms with van der Waals surface area (Å²) in [6.45, 7) is 10.1. The lowest BCUT2D eigenvalue weighted by Gasteiger charge is -2.27. The second-order valence-corrected chi connectivity index (χ2v) is 4.82. The van der Waals surface area contributed by atoms with E-state index < -0.39 is 0 Å². The molecule has 3 nitrogen and oxygen atoms in total. The quantitative estimate of drug-likeness (QED) is 0.603. The molecule has 0 aromatic heterocycles. The van der Waals surface area contributed by atoms with E-state index in [1.54, 1.807) is 0 Å². The molecule has 1 unspecified atom stereocenters. The summed E-state index contributed by atoms with van der Waals surface area (Å²) in [5.74, 6) is 0. The molecule has 0 aromatic carbocycles. The van der Waals surface area contributed by atoms with E-state index in [9.17, 15) is 5.11 Å². The minimum atomic E-state index is -0.357. The van der Waals surface area contributed by atoms with E-state index in [1.807, 2.05) is 6.92 Å². The largest absolute Gasteiger partial charge is 0.394 e. The average molecular weight is 230 g/mol. The van der Waals surface area contributed by atoms with Gasteiger partial charge in [0.2, 0.25) is 0 Å². The third-order valence-corrected chi connectivity index (χ3v) is 3.25. The Morgan fingerprint density at radius 1 is 1.06 bits per heavy atom. The molecule has 0 aliphatic carbocycles. The summed E-state index contributed by atoms with van der Waals surface area (Å²) in [6.07, 6.45) is 5.28. The minimum absolute atomic E-state index is 0.102. The van der Waals surface area contributed by atoms with Crippen molar-refractivity contribution in [1.82, 2.24) is 4.90 Å². The van der Waals surface area contributed by atoms with Crippen LogP contribution < -0.4 is 5.73 Å². The van der Waals surface area contributed by atoms with Gasteiger partial charge in [-0.05, 0) is 51.7 Å². The first-order valence-corrected chi connectivity index (χ1v) is 6.74. The van der Waals surface area contributed by atoms with Crippen LogP contribution in [0.1, 0.15) is 52.9 Å². The van der Waals surface area contributed by atoms with Gasteiger partial charge in [-0.1, -0.05) is 20.8 Å². The topological polar surface area (TPSA) is 49.5 Å². The Labute approximate surface area is 101 Å². The predicted molar refractivity (Wildman–Crippen MR) is 70.6 cm³/mol. The molecule has 0 aliphatic rings. The van der Waals surface area contributed by atoms with Gasteiger partial charge in [0.1, 0.15) is 0 Å². The number of hydrogen-bond donors (Lipinski definition) is 2. The van der Waals surface area contributed by atoms with Crippen molar-refractivity contribution >= 4 is 0 Å². The Kier molecular flexibility index (Phi) is 8.90. The van der Waals surface area contributed by atoms with Crippen molar-refractivity contribution in [3.8, 4) is 0 Å². The van der Waals surface area contributed by atoms with Crippen molar-refractivity contribution < 1.29 is 5.11 Å². The fourth-order valence-electron chi connectivity index (χ4n) is 1.99. The molecule has 16 heavy (non-hydrogen) atoms. The zero-order valence-corrected chi connectivity index (χ0v) is 11.3. The molecule has 0 aromatic rings. The van der Waals surface area contributed by atoms with Crippen LogP contribution in [0.5, 0.6) is 0 Å². The summed E-state index contributed by atoms with van der Waals surface area (Å²) in [6, 6.07) is 0. The molecule has 1 atom stereocenters. The summed E-state index contributed by atoms with van der Waals surface area (Å²) >= 11 is 0. The highest BCUT2D eigenvalue weighted by Gasteiger charge is 2.20. The van der Waals surface area contributed by atoms with Gasteiger partial charge in [-0.15, -0.1) is 0 Å². The number of nitrogens with two attached hydrogens (primary N) is 1. The number of rotatable bonds is 10. The first kappa shape index (κ1) is 15.9. The fourth-order valence-corrected chi connectivity index (χ4v) is 1.99. The monoisotopic (exact) mass is 230 g/mol. The molecule has 3 heteroatoms. The van der Waals surface area contributed by atoms with E-state index in [-0.39, 0.29) is 12.1 Å². The Morgan fingerprint density at radius 3 is 2.00 bits per heavy atom. The second-order valence-electron chi connectivity index (χ2n) is 4.82. The highest BCUT2D eigenvalue weighted by Crippen LogP contribution is 2.13. The third-order valence-electron chi connectivity index (χ3n) is 3.25. The lowest BCUT2D eigenvalue weighted by Crippen LogP contribution is -2.43. The summed E-state index contributed by atoms with van der Waals surface area (Å²) in [5.41, 5.74) is 5.71. The van der Waals surface area contributed by atoms with Crippen molar-refractivity contribution in [3.05, 3.63) is 0 Å². The van der Waals surface area contributed by atoms with Crippen LogP contribution in [0.3, 0.4) is 0 Å². The molecule has 98 valence electrons. The average Bonchev–Trinajstić information content (AvgIpc) is 2.29. The van der Waals surface area contributed by atoms with Crippen LogP contribution >= 0.6 is 0 Å². The van der Waals surface area contributed by atoms with Crippen LogP contribution in [0.15, 0.2) is 0 Å². The minimum Gasteiger partial charge on any atom is -0.394 e. The second kappa shape index (κ2) is 8.97. The molecule has 3 N–H and O–H groups in total. The predicted octanol–water partition coefficient (Wildman–Crippen LogP) is 1.99. The maximum absolute atomic E-state index is 9.22. The Morgan fingerprint density at radius 2 is 1.62 bits per heavy atom. The number of hydrogen-bond acceptors (Lipinski definition) is 3. The molecular formula is C13H30N2O. The van der Waals surface area contributed by atoms with Crippen LogP contribution in [0.25, 0.3) is 0 Å². The van der Waals surface area contributed by atoms with Crippen LogP contribution in [0, 0.1) is 0 Å². The maximum Gasteiger partial charge on any atom is 0.0611 e. The molecule has 0 amide bonds. The first-order chi connectivity index (χ1) is 7.61. The van der Waals surface area contributed by atoms with Gasteiger partial charge in [0, 0.05) is 5.54 Å². The normalized spacial score (nSPS) is 15.4. The lowest BCUT2D eigenvalue weighted by atomic mass is 9.92. The van der Waals surface area contributed by atoms with Crippen molar-refractivity contribution in [2.24, 2.45) is 5.73 Å². The molecular weight excluding hydrogens is 200 g/mol. The van der Waals surface area contributed by atoms with Crippen LogP contribution in [0.4, 0.5) is 0 Å². The Hall–Kier alpha value is -0.120. The molecule has 0 heterocycles. The Balaban J connectivity index is 3.83. The van der Waals surface area contributed by atoms with E-state index in [0.29, 0.717) is 0 Å². The van der Waals surface area contributed by atoms with Crippen molar-refractivity contribution in [3.63, 3.8) is 0 Å². The van der Waals surface area contributed by atoms with Crippen molar-refractivity contribution in [2.75, 3.05) is 26.2 Å². The van der Waals surface area contributed by atoms with Gasteiger partial charge in [-0.2, -0.15) is 0 Å². The number of aliphatic hydroxyl groups excluding tert-OH is 1. The van der Waals surface area contributed by atoms with E-state index in [1.165, 1.54) is 25.9 Å². The van der Waals surface area contributed by atoms with E-state index >= 15 is 0 Å². The van der Waals surface area contributed by atoms with Gasteiger partial charge in [0.25, 0.3) is 0 Å². The highest BCUT2D eigenvalue weighted by atomic mass is 16.3. The van der Waals surface area contributed by atoms with E-state index in [0.717, 1.165) is 25.8 Å². The molecule has 0 spiro atoms. The molecule has 0 aliphatic heterocycles. The van der Waals surface area contributed by atoms with Crippen LogP contribution in [-0.2, 0) is 0 Å². The molecule has 0 saturated heterocycles. The van der Waals surface area contributed by atoms with Crippen molar-refractivity contribution in [2.45, 2.75) is 58.4 Å². The Bertz CT molecular complexity index is 152. The molecule has 0 bridgehead atoms. The third kappa shape index (κ3) is 6.46. The molecule has 0 saturated carbocycles. The highest BCUT2D eigenvalue weighted by molar-refractivity contribution is 4.81. The lowest BCUT2D eigenvalue weighted by molar-refractivity contribution is 0.171. The van der Waals surface area contributed by atoms with E-state index in [4.69, 9.17) is 5.73 Å². The zero-order chi connectivity index (χ0) is 12.4. The van der Waals surface area contributed by atoms with Gasteiger partial charge in [-0.25, -0.2) is 0 Å². The van der Waals surface area contributed by atoms with Crippen molar-refractivity contribution in [1.29, 1.82) is 0 Å².